The van der Waals surface area contributed by atoms with E-state index in [1.54, 1.807) is 6.20 Å². The van der Waals surface area contributed by atoms with Crippen molar-refractivity contribution < 1.29 is 4.79 Å². The van der Waals surface area contributed by atoms with Crippen LogP contribution in [0.2, 0.25) is 0 Å². The van der Waals surface area contributed by atoms with Crippen molar-refractivity contribution in [3.63, 3.8) is 0 Å². The minimum absolute atomic E-state index is 0.215. The Morgan fingerprint density at radius 2 is 2.00 bits per heavy atom. The van der Waals surface area contributed by atoms with Crippen LogP contribution in [-0.2, 0) is 19.5 Å². The summed E-state index contributed by atoms with van der Waals surface area (Å²) < 4.78 is 0. The summed E-state index contributed by atoms with van der Waals surface area (Å²) in [7, 11) is 0. The number of nitrogens with zero attached hydrogens (tertiary/aromatic N) is 3. The Labute approximate surface area is 183 Å². The highest BCUT2D eigenvalue weighted by molar-refractivity contribution is 5.98. The van der Waals surface area contributed by atoms with Gasteiger partial charge < -0.3 is 11.1 Å². The van der Waals surface area contributed by atoms with E-state index in [1.165, 1.54) is 5.56 Å². The topological polar surface area (TPSA) is 84.1 Å². The smallest absolute Gasteiger partial charge is 0.255 e. The number of nitrogens with one attached hydrogen (secondary N) is 1. The predicted octanol–water partition coefficient (Wildman–Crippen LogP) is 3.54. The quantitative estimate of drug-likeness (QED) is 0.617. The van der Waals surface area contributed by atoms with Crippen molar-refractivity contribution >= 4 is 11.7 Å². The van der Waals surface area contributed by atoms with Crippen molar-refractivity contribution in [3.05, 3.63) is 88.9 Å². The lowest BCUT2D eigenvalue weighted by Gasteiger charge is -2.29. The van der Waals surface area contributed by atoms with E-state index in [9.17, 15) is 4.79 Å². The van der Waals surface area contributed by atoms with Crippen LogP contribution in [0.5, 0.6) is 0 Å². The number of benzene rings is 1. The van der Waals surface area contributed by atoms with Gasteiger partial charge in [-0.25, -0.2) is 4.98 Å². The molecule has 1 aromatic carbocycles. The average molecular weight is 416 g/mol. The van der Waals surface area contributed by atoms with Gasteiger partial charge in [0.25, 0.3) is 5.91 Å². The van der Waals surface area contributed by atoms with Gasteiger partial charge in [-0.05, 0) is 48.2 Å². The van der Waals surface area contributed by atoms with Crippen LogP contribution in [0, 0.1) is 0 Å². The molecule has 1 atom stereocenters. The first kappa shape index (κ1) is 21.0. The predicted molar refractivity (Wildman–Crippen MR) is 123 cm³/mol. The fraction of sp³-hybridized carbons (Fsp3) is 0.320. The Balaban J connectivity index is 1.38. The molecule has 0 fully saturated rings. The molecule has 6 heteroatoms. The lowest BCUT2D eigenvalue weighted by molar-refractivity contribution is 0.0950. The average Bonchev–Trinajstić information content (AvgIpc) is 2.81. The Bertz CT molecular complexity index is 1020. The zero-order chi connectivity index (χ0) is 21.6. The SMILES string of the molecule is C[C@@H](CCN1CCc2nc(N)c(C(=O)NCc3ccccn3)cc2C1)c1ccccc1. The molecule has 31 heavy (non-hydrogen) atoms. The van der Waals surface area contributed by atoms with Crippen LogP contribution < -0.4 is 11.1 Å². The lowest BCUT2D eigenvalue weighted by atomic mass is 9.96. The second kappa shape index (κ2) is 9.71. The zero-order valence-corrected chi connectivity index (χ0v) is 17.9. The second-order valence-corrected chi connectivity index (χ2v) is 8.16. The number of aromatic nitrogens is 2. The summed E-state index contributed by atoms with van der Waals surface area (Å²) in [4.78, 5) is 23.9. The van der Waals surface area contributed by atoms with Gasteiger partial charge in [-0.1, -0.05) is 43.3 Å². The van der Waals surface area contributed by atoms with Gasteiger partial charge >= 0.3 is 0 Å². The monoisotopic (exact) mass is 415 g/mol. The molecule has 160 valence electrons. The minimum atomic E-state index is -0.215. The van der Waals surface area contributed by atoms with Gasteiger partial charge in [0.1, 0.15) is 5.82 Å². The van der Waals surface area contributed by atoms with Crippen LogP contribution in [0.1, 0.15) is 52.1 Å². The summed E-state index contributed by atoms with van der Waals surface area (Å²) in [5, 5.41) is 2.90. The van der Waals surface area contributed by atoms with Crippen LogP contribution in [0.3, 0.4) is 0 Å². The second-order valence-electron chi connectivity index (χ2n) is 8.16. The van der Waals surface area contributed by atoms with Gasteiger partial charge in [-0.15, -0.1) is 0 Å². The molecular weight excluding hydrogens is 386 g/mol. The van der Waals surface area contributed by atoms with Gasteiger partial charge in [0.15, 0.2) is 0 Å². The van der Waals surface area contributed by atoms with Gasteiger partial charge in [0.2, 0.25) is 0 Å². The molecule has 0 aliphatic carbocycles. The standard InChI is InChI=1S/C25H29N5O/c1-18(19-7-3-2-4-8-19)10-13-30-14-11-23-20(17-30)15-22(24(26)29-23)25(31)28-16-21-9-5-6-12-27-21/h2-9,12,15,18H,10-11,13-14,16-17H2,1H3,(H2,26,29)(H,28,31)/t18-/m0/s1. The number of hydrogen-bond donors (Lipinski definition) is 2. The number of fused-ring (bicyclic) bond motifs is 1. The first-order valence-electron chi connectivity index (χ1n) is 10.8. The van der Waals surface area contributed by atoms with Crippen LogP contribution in [0.4, 0.5) is 5.82 Å². The summed E-state index contributed by atoms with van der Waals surface area (Å²) in [6, 6.07) is 18.2. The highest BCUT2D eigenvalue weighted by Gasteiger charge is 2.22. The van der Waals surface area contributed by atoms with Crippen LogP contribution in [0.15, 0.2) is 60.8 Å². The number of nitrogens with two attached hydrogens (primary N) is 1. The third kappa shape index (κ3) is 5.27. The molecule has 6 nitrogen and oxygen atoms in total. The van der Waals surface area contributed by atoms with Crippen molar-refractivity contribution in [1.82, 2.24) is 20.2 Å². The molecule has 2 aromatic heterocycles. The minimum Gasteiger partial charge on any atom is -0.383 e. The molecule has 0 radical (unpaired) electrons. The molecule has 0 bridgehead atoms. The normalized spacial score (nSPS) is 14.6. The number of nitrogen functional groups attached to an aromatic ring is 1. The number of carbonyl (C=O) groups excluding carboxylic acids is 1. The lowest BCUT2D eigenvalue weighted by Crippen LogP contribution is -2.33. The van der Waals surface area contributed by atoms with E-state index in [4.69, 9.17) is 5.73 Å². The number of hydrogen-bond acceptors (Lipinski definition) is 5. The fourth-order valence-corrected chi connectivity index (χ4v) is 4.01. The number of anilines is 1. The maximum atomic E-state index is 12.7. The van der Waals surface area contributed by atoms with Gasteiger partial charge in [-0.3, -0.25) is 14.7 Å². The summed E-state index contributed by atoms with van der Waals surface area (Å²) in [6.07, 6.45) is 3.66. The van der Waals surface area contributed by atoms with Crippen molar-refractivity contribution in [2.75, 3.05) is 18.8 Å². The van der Waals surface area contributed by atoms with Crippen LogP contribution in [-0.4, -0.2) is 33.9 Å². The highest BCUT2D eigenvalue weighted by Crippen LogP contribution is 2.24. The molecule has 1 aliphatic heterocycles. The molecule has 1 amide bonds. The Morgan fingerprint density at radius 3 is 2.77 bits per heavy atom. The molecule has 0 saturated heterocycles. The summed E-state index contributed by atoms with van der Waals surface area (Å²) in [5.74, 6) is 0.594. The maximum Gasteiger partial charge on any atom is 0.255 e. The van der Waals surface area contributed by atoms with E-state index < -0.39 is 0 Å². The first-order valence-corrected chi connectivity index (χ1v) is 10.8. The van der Waals surface area contributed by atoms with Crippen LogP contribution in [0.25, 0.3) is 0 Å². The van der Waals surface area contributed by atoms with Crippen molar-refractivity contribution in [2.45, 2.75) is 38.8 Å². The molecule has 3 N–H and O–H groups in total. The number of carbonyl (C=O) groups is 1. The van der Waals surface area contributed by atoms with Gasteiger partial charge in [0.05, 0.1) is 17.8 Å². The maximum absolute atomic E-state index is 12.7. The summed E-state index contributed by atoms with van der Waals surface area (Å²) in [6.45, 7) is 5.41. The molecule has 0 saturated carbocycles. The number of rotatable bonds is 7. The van der Waals surface area contributed by atoms with Crippen molar-refractivity contribution in [3.8, 4) is 0 Å². The molecule has 3 aromatic rings. The van der Waals surface area contributed by atoms with E-state index in [1.807, 2.05) is 24.3 Å². The third-order valence-electron chi connectivity index (χ3n) is 5.93. The molecule has 0 spiro atoms. The Morgan fingerprint density at radius 1 is 1.19 bits per heavy atom. The summed E-state index contributed by atoms with van der Waals surface area (Å²) in [5.41, 5.74) is 10.8. The zero-order valence-electron chi connectivity index (χ0n) is 17.9. The molecule has 3 heterocycles. The molecule has 4 rings (SSSR count). The van der Waals surface area contributed by atoms with Gasteiger partial charge in [0, 0.05) is 31.4 Å². The first-order chi connectivity index (χ1) is 15.1. The molecule has 1 aliphatic rings. The largest absolute Gasteiger partial charge is 0.383 e. The summed E-state index contributed by atoms with van der Waals surface area (Å²) >= 11 is 0. The molecule has 0 unspecified atom stereocenters. The van der Waals surface area contributed by atoms with E-state index in [0.717, 1.165) is 49.4 Å². The van der Waals surface area contributed by atoms with E-state index in [0.29, 0.717) is 23.8 Å². The fourth-order valence-electron chi connectivity index (χ4n) is 4.01. The third-order valence-corrected chi connectivity index (χ3v) is 5.93. The highest BCUT2D eigenvalue weighted by atomic mass is 16.1. The van der Waals surface area contributed by atoms with E-state index in [2.05, 4.69) is 57.4 Å². The number of pyridine rings is 2. The van der Waals surface area contributed by atoms with Crippen LogP contribution >= 0.6 is 0 Å². The Kier molecular flexibility index (Phi) is 6.57. The van der Waals surface area contributed by atoms with E-state index in [-0.39, 0.29) is 5.91 Å². The molecular formula is C25H29N5O. The van der Waals surface area contributed by atoms with Crippen molar-refractivity contribution in [1.29, 1.82) is 0 Å². The van der Waals surface area contributed by atoms with Crippen molar-refractivity contribution in [2.24, 2.45) is 0 Å². The van der Waals surface area contributed by atoms with E-state index >= 15 is 0 Å². The Hall–Kier alpha value is -3.25. The number of amides is 1. The van der Waals surface area contributed by atoms with Gasteiger partial charge in [-0.2, -0.15) is 0 Å².